The van der Waals surface area contributed by atoms with Crippen LogP contribution in [0.1, 0.15) is 15.9 Å². The maximum Gasteiger partial charge on any atom is 0.411 e. The number of benzene rings is 1. The van der Waals surface area contributed by atoms with Crippen LogP contribution in [-0.2, 0) is 21.2 Å². The Bertz CT molecular complexity index is 898. The molecule has 0 aliphatic rings. The Labute approximate surface area is 151 Å². The van der Waals surface area contributed by atoms with Crippen LogP contribution in [0.4, 0.5) is 19.0 Å². The number of nitrogens with one attached hydrogen (secondary N) is 1. The minimum absolute atomic E-state index is 0.0770. The van der Waals surface area contributed by atoms with Crippen LogP contribution in [-0.4, -0.2) is 38.5 Å². The number of nitrogens with zero attached hydrogens (tertiary/aromatic N) is 1. The molecule has 0 fully saturated rings. The minimum atomic E-state index is -4.60. The fourth-order valence-corrected chi connectivity index (χ4v) is 3.28. The van der Waals surface area contributed by atoms with Gasteiger partial charge in [-0.1, -0.05) is 16.8 Å². The Hall–Kier alpha value is -2.11. The molecule has 0 saturated heterocycles. The zero-order valence-corrected chi connectivity index (χ0v) is 14.7. The molecule has 142 valence electrons. The Morgan fingerprint density at radius 2 is 2.04 bits per heavy atom. The monoisotopic (exact) mass is 412 g/mol. The van der Waals surface area contributed by atoms with E-state index in [0.717, 1.165) is 18.4 Å². The molecule has 0 radical (unpaired) electrons. The highest BCUT2D eigenvalue weighted by Crippen LogP contribution is 2.30. The smallest absolute Gasteiger partial charge is 0.367 e. The van der Waals surface area contributed by atoms with Crippen LogP contribution >= 0.6 is 11.6 Å². The van der Waals surface area contributed by atoms with E-state index in [1.807, 2.05) is 0 Å². The van der Waals surface area contributed by atoms with Crippen molar-refractivity contribution in [3.63, 3.8) is 0 Å². The van der Waals surface area contributed by atoms with Gasteiger partial charge >= 0.3 is 6.18 Å². The average molecular weight is 413 g/mol. The van der Waals surface area contributed by atoms with Crippen LogP contribution in [0, 0.1) is 0 Å². The van der Waals surface area contributed by atoms with Gasteiger partial charge in [0, 0.05) is 17.9 Å². The number of halogens is 4. The number of hydrogen-bond acceptors (Lipinski definition) is 6. The standard InChI is InChI=1S/C14H12ClF3N2O5S/c1-26(22,23)10-3-2-8(13(21)19-11-4-5-25-20-11)12(15)9(10)6-24-7-14(16,17)18/h2-5H,6-7H2,1H3,(H,19,20,21). The lowest BCUT2D eigenvalue weighted by atomic mass is 10.1. The number of aromatic nitrogens is 1. The van der Waals surface area contributed by atoms with Gasteiger partial charge in [-0.15, -0.1) is 0 Å². The molecule has 2 aromatic rings. The van der Waals surface area contributed by atoms with Crippen molar-refractivity contribution < 1.29 is 35.6 Å². The summed E-state index contributed by atoms with van der Waals surface area (Å²) in [6, 6.07) is 3.57. The van der Waals surface area contributed by atoms with Crippen LogP contribution in [0.3, 0.4) is 0 Å². The number of alkyl halides is 3. The van der Waals surface area contributed by atoms with Crippen LogP contribution in [0.25, 0.3) is 0 Å². The highest BCUT2D eigenvalue weighted by atomic mass is 35.5. The van der Waals surface area contributed by atoms with E-state index in [1.165, 1.54) is 12.3 Å². The first-order valence-electron chi connectivity index (χ1n) is 6.86. The molecule has 1 heterocycles. The van der Waals surface area contributed by atoms with E-state index >= 15 is 0 Å². The van der Waals surface area contributed by atoms with Crippen molar-refractivity contribution in [1.82, 2.24) is 5.16 Å². The maximum absolute atomic E-state index is 12.3. The van der Waals surface area contributed by atoms with Gasteiger partial charge in [-0.05, 0) is 12.1 Å². The molecule has 0 aliphatic heterocycles. The van der Waals surface area contributed by atoms with Gasteiger partial charge in [0.25, 0.3) is 5.91 Å². The molecule has 1 amide bonds. The predicted octanol–water partition coefficient (Wildman–Crippen LogP) is 3.06. The minimum Gasteiger partial charge on any atom is -0.367 e. The predicted molar refractivity (Wildman–Crippen MR) is 84.7 cm³/mol. The van der Waals surface area contributed by atoms with Crippen molar-refractivity contribution in [2.75, 3.05) is 18.2 Å². The average Bonchev–Trinajstić information content (AvgIpc) is 2.99. The first-order valence-corrected chi connectivity index (χ1v) is 9.13. The van der Waals surface area contributed by atoms with Gasteiger partial charge in [0.2, 0.25) is 0 Å². The molecule has 0 atom stereocenters. The molecule has 0 saturated carbocycles. The zero-order chi connectivity index (χ0) is 19.5. The van der Waals surface area contributed by atoms with Gasteiger partial charge in [0.05, 0.1) is 22.1 Å². The zero-order valence-electron chi connectivity index (χ0n) is 13.1. The van der Waals surface area contributed by atoms with Crippen molar-refractivity contribution in [3.8, 4) is 0 Å². The van der Waals surface area contributed by atoms with E-state index in [1.54, 1.807) is 0 Å². The number of rotatable bonds is 6. The lowest BCUT2D eigenvalue weighted by molar-refractivity contribution is -0.176. The molecule has 1 N–H and O–H groups in total. The lowest BCUT2D eigenvalue weighted by Gasteiger charge is -2.14. The van der Waals surface area contributed by atoms with E-state index in [2.05, 4.69) is 19.7 Å². The number of carbonyl (C=O) groups excluding carboxylic acids is 1. The van der Waals surface area contributed by atoms with E-state index in [-0.39, 0.29) is 26.9 Å². The summed E-state index contributed by atoms with van der Waals surface area (Å²) in [5.41, 5.74) is -0.404. The van der Waals surface area contributed by atoms with E-state index < -0.39 is 35.1 Å². The van der Waals surface area contributed by atoms with Gasteiger partial charge < -0.3 is 14.6 Å². The number of carbonyl (C=O) groups is 1. The first kappa shape index (κ1) is 20.2. The summed E-state index contributed by atoms with van der Waals surface area (Å²) >= 11 is 6.07. The highest BCUT2D eigenvalue weighted by molar-refractivity contribution is 7.90. The number of ether oxygens (including phenoxy) is 1. The Morgan fingerprint density at radius 3 is 2.58 bits per heavy atom. The summed E-state index contributed by atoms with van der Waals surface area (Å²) in [6.07, 6.45) is -2.53. The molecule has 0 unspecified atom stereocenters. The molecular formula is C14H12ClF3N2O5S. The van der Waals surface area contributed by atoms with Crippen molar-refractivity contribution in [3.05, 3.63) is 40.6 Å². The van der Waals surface area contributed by atoms with Crippen LogP contribution in [0.5, 0.6) is 0 Å². The van der Waals surface area contributed by atoms with Gasteiger partial charge in [-0.2, -0.15) is 13.2 Å². The second-order valence-electron chi connectivity index (χ2n) is 5.12. The van der Waals surface area contributed by atoms with Crippen LogP contribution in [0.15, 0.2) is 33.9 Å². The summed E-state index contributed by atoms with van der Waals surface area (Å²) in [4.78, 5) is 11.9. The second kappa shape index (κ2) is 7.64. The van der Waals surface area contributed by atoms with Gasteiger partial charge in [-0.25, -0.2) is 8.42 Å². The van der Waals surface area contributed by atoms with Crippen molar-refractivity contribution in [2.45, 2.75) is 17.7 Å². The van der Waals surface area contributed by atoms with Crippen molar-refractivity contribution in [2.24, 2.45) is 0 Å². The summed E-state index contributed by atoms with van der Waals surface area (Å²) in [5, 5.41) is 5.48. The summed E-state index contributed by atoms with van der Waals surface area (Å²) in [5.74, 6) is -0.672. The molecule has 1 aromatic heterocycles. The third kappa shape index (κ3) is 5.19. The maximum atomic E-state index is 12.3. The van der Waals surface area contributed by atoms with Crippen molar-refractivity contribution >= 4 is 33.2 Å². The Morgan fingerprint density at radius 1 is 1.35 bits per heavy atom. The largest absolute Gasteiger partial charge is 0.411 e. The SMILES string of the molecule is CS(=O)(=O)c1ccc(C(=O)Nc2ccon2)c(Cl)c1COCC(F)(F)F. The molecule has 7 nitrogen and oxygen atoms in total. The normalized spacial score (nSPS) is 12.2. The topological polar surface area (TPSA) is 98.5 Å². The van der Waals surface area contributed by atoms with E-state index in [9.17, 15) is 26.4 Å². The number of hydrogen-bond donors (Lipinski definition) is 1. The molecule has 0 aliphatic carbocycles. The molecule has 26 heavy (non-hydrogen) atoms. The Kier molecular flexibility index (Phi) is 5.94. The van der Waals surface area contributed by atoms with E-state index in [0.29, 0.717) is 0 Å². The van der Waals surface area contributed by atoms with Gasteiger partial charge in [0.15, 0.2) is 15.7 Å². The first-order chi connectivity index (χ1) is 12.0. The van der Waals surface area contributed by atoms with Gasteiger partial charge in [0.1, 0.15) is 12.9 Å². The van der Waals surface area contributed by atoms with Crippen LogP contribution < -0.4 is 5.32 Å². The molecule has 0 bridgehead atoms. The number of anilines is 1. The summed E-state index contributed by atoms with van der Waals surface area (Å²) < 4.78 is 69.5. The number of amides is 1. The third-order valence-electron chi connectivity index (χ3n) is 3.04. The molecular weight excluding hydrogens is 401 g/mol. The highest BCUT2D eigenvalue weighted by Gasteiger charge is 2.29. The quantitative estimate of drug-likeness (QED) is 0.783. The second-order valence-corrected chi connectivity index (χ2v) is 7.48. The molecule has 12 heteroatoms. The van der Waals surface area contributed by atoms with E-state index in [4.69, 9.17) is 11.6 Å². The molecule has 2 rings (SSSR count). The number of sulfone groups is 1. The van der Waals surface area contributed by atoms with Crippen molar-refractivity contribution in [1.29, 1.82) is 0 Å². The van der Waals surface area contributed by atoms with Crippen LogP contribution in [0.2, 0.25) is 5.02 Å². The van der Waals surface area contributed by atoms with Gasteiger partial charge in [-0.3, -0.25) is 4.79 Å². The fourth-order valence-electron chi connectivity index (χ4n) is 1.99. The summed E-state index contributed by atoms with van der Waals surface area (Å²) in [6.45, 7) is -2.34. The lowest BCUT2D eigenvalue weighted by Crippen LogP contribution is -2.18. The fraction of sp³-hybridized carbons (Fsp3) is 0.286. The third-order valence-corrected chi connectivity index (χ3v) is 4.65. The Balaban J connectivity index is 2.36. The summed E-state index contributed by atoms with van der Waals surface area (Å²) in [7, 11) is -3.82. The molecule has 0 spiro atoms. The molecule has 1 aromatic carbocycles.